The Morgan fingerprint density at radius 3 is 2.94 bits per heavy atom. The molecule has 0 spiro atoms. The number of nitrogens with one attached hydrogen (secondary N) is 1. The molecule has 1 aromatic carbocycles. The van der Waals surface area contributed by atoms with E-state index in [4.69, 9.17) is 0 Å². The Hall–Kier alpha value is -1.51. The molecule has 0 aliphatic heterocycles. The van der Waals surface area contributed by atoms with E-state index in [9.17, 15) is 9.90 Å². The first-order chi connectivity index (χ1) is 8.74. The van der Waals surface area contributed by atoms with Crippen molar-refractivity contribution in [3.63, 3.8) is 0 Å². The number of hydrogen-bond acceptors (Lipinski definition) is 2. The van der Waals surface area contributed by atoms with E-state index in [1.165, 1.54) is 12.8 Å². The van der Waals surface area contributed by atoms with Crippen LogP contribution >= 0.6 is 0 Å². The van der Waals surface area contributed by atoms with Crippen LogP contribution in [-0.2, 0) is 11.2 Å². The van der Waals surface area contributed by atoms with Crippen LogP contribution in [0.15, 0.2) is 18.2 Å². The Balaban J connectivity index is 1.74. The predicted molar refractivity (Wildman–Crippen MR) is 69.3 cm³/mol. The van der Waals surface area contributed by atoms with Crippen molar-refractivity contribution in [2.24, 2.45) is 5.92 Å². The maximum absolute atomic E-state index is 11.9. The smallest absolute Gasteiger partial charge is 0.220 e. The molecule has 1 atom stereocenters. The predicted octanol–water partition coefficient (Wildman–Crippen LogP) is 2.69. The van der Waals surface area contributed by atoms with E-state index in [-0.39, 0.29) is 11.9 Å². The number of benzene rings is 1. The molecule has 3 heteroatoms. The number of carbonyl (C=O) groups excluding carboxylic acids is 1. The largest absolute Gasteiger partial charge is 0.508 e. The number of carbonyl (C=O) groups is 1. The third-order valence-electron chi connectivity index (χ3n) is 3.99. The Morgan fingerprint density at radius 1 is 1.33 bits per heavy atom. The van der Waals surface area contributed by atoms with E-state index < -0.39 is 0 Å². The number of amides is 1. The van der Waals surface area contributed by atoms with E-state index >= 15 is 0 Å². The molecule has 0 saturated heterocycles. The number of phenolic OH excluding ortho intramolecular Hbond substituents is 1. The quantitative estimate of drug-likeness (QED) is 0.860. The SMILES string of the molecule is O=C(CC1CC1)NC1CCCc2c(O)cccc21. The minimum absolute atomic E-state index is 0.0899. The average molecular weight is 245 g/mol. The summed E-state index contributed by atoms with van der Waals surface area (Å²) in [6.07, 6.45) is 6.00. The Labute approximate surface area is 107 Å². The van der Waals surface area contributed by atoms with E-state index in [0.29, 0.717) is 18.1 Å². The van der Waals surface area contributed by atoms with Gasteiger partial charge >= 0.3 is 0 Å². The Morgan fingerprint density at radius 2 is 2.17 bits per heavy atom. The summed E-state index contributed by atoms with van der Waals surface area (Å²) in [5, 5.41) is 13.0. The summed E-state index contributed by atoms with van der Waals surface area (Å²) >= 11 is 0. The molecular weight excluding hydrogens is 226 g/mol. The van der Waals surface area contributed by atoms with Crippen LogP contribution in [0, 0.1) is 5.92 Å². The van der Waals surface area contributed by atoms with Crippen molar-refractivity contribution in [2.45, 2.75) is 44.6 Å². The van der Waals surface area contributed by atoms with Crippen LogP contribution < -0.4 is 5.32 Å². The zero-order chi connectivity index (χ0) is 12.5. The third-order valence-corrected chi connectivity index (χ3v) is 3.99. The van der Waals surface area contributed by atoms with Crippen LogP contribution in [0.5, 0.6) is 5.75 Å². The molecule has 1 amide bonds. The van der Waals surface area contributed by atoms with Crippen molar-refractivity contribution in [1.82, 2.24) is 5.32 Å². The fourth-order valence-corrected chi connectivity index (χ4v) is 2.82. The molecule has 0 heterocycles. The average Bonchev–Trinajstić information content (AvgIpc) is 3.14. The lowest BCUT2D eigenvalue weighted by Gasteiger charge is -2.27. The molecule has 2 N–H and O–H groups in total. The number of aromatic hydroxyl groups is 1. The van der Waals surface area contributed by atoms with E-state index in [1.54, 1.807) is 6.07 Å². The van der Waals surface area contributed by atoms with E-state index in [1.807, 2.05) is 12.1 Å². The van der Waals surface area contributed by atoms with Gasteiger partial charge < -0.3 is 10.4 Å². The van der Waals surface area contributed by atoms with Crippen LogP contribution in [0.4, 0.5) is 0 Å². The van der Waals surface area contributed by atoms with Crippen LogP contribution in [0.25, 0.3) is 0 Å². The van der Waals surface area contributed by atoms with Gasteiger partial charge in [-0.15, -0.1) is 0 Å². The molecular formula is C15H19NO2. The monoisotopic (exact) mass is 245 g/mol. The lowest BCUT2D eigenvalue weighted by Crippen LogP contribution is -2.31. The van der Waals surface area contributed by atoms with E-state index in [2.05, 4.69) is 5.32 Å². The topological polar surface area (TPSA) is 49.3 Å². The van der Waals surface area contributed by atoms with Crippen LogP contribution in [0.1, 0.15) is 49.3 Å². The summed E-state index contributed by atoms with van der Waals surface area (Å²) in [5.74, 6) is 1.16. The third kappa shape index (κ3) is 2.35. The lowest BCUT2D eigenvalue weighted by molar-refractivity contribution is -0.122. The first-order valence-corrected chi connectivity index (χ1v) is 6.84. The summed E-state index contributed by atoms with van der Waals surface area (Å²) in [6.45, 7) is 0. The minimum Gasteiger partial charge on any atom is -0.508 e. The molecule has 0 aromatic heterocycles. The maximum Gasteiger partial charge on any atom is 0.220 e. The number of fused-ring (bicyclic) bond motifs is 1. The number of hydrogen-bond donors (Lipinski definition) is 2. The normalized spacial score (nSPS) is 22.3. The van der Waals surface area contributed by atoms with Gasteiger partial charge in [-0.05, 0) is 55.2 Å². The summed E-state index contributed by atoms with van der Waals surface area (Å²) in [4.78, 5) is 11.9. The molecule has 1 unspecified atom stereocenters. The second-order valence-electron chi connectivity index (χ2n) is 5.50. The Kier molecular flexibility index (Phi) is 2.98. The molecule has 1 fully saturated rings. The maximum atomic E-state index is 11.9. The molecule has 1 aromatic rings. The summed E-state index contributed by atoms with van der Waals surface area (Å²) in [5.41, 5.74) is 2.12. The van der Waals surface area contributed by atoms with Crippen LogP contribution in [-0.4, -0.2) is 11.0 Å². The lowest BCUT2D eigenvalue weighted by atomic mass is 9.87. The second kappa shape index (κ2) is 4.63. The van der Waals surface area contributed by atoms with Gasteiger partial charge in [-0.3, -0.25) is 4.79 Å². The summed E-state index contributed by atoms with van der Waals surface area (Å²) < 4.78 is 0. The highest BCUT2D eigenvalue weighted by molar-refractivity contribution is 5.77. The highest BCUT2D eigenvalue weighted by atomic mass is 16.3. The van der Waals surface area contributed by atoms with Crippen molar-refractivity contribution in [3.05, 3.63) is 29.3 Å². The molecule has 3 nitrogen and oxygen atoms in total. The van der Waals surface area contributed by atoms with Gasteiger partial charge in [-0.25, -0.2) is 0 Å². The highest BCUT2D eigenvalue weighted by Gasteiger charge is 2.27. The molecule has 0 radical (unpaired) electrons. The van der Waals surface area contributed by atoms with Gasteiger partial charge in [-0.2, -0.15) is 0 Å². The minimum atomic E-state index is 0.0899. The van der Waals surface area contributed by atoms with Gasteiger partial charge in [0.15, 0.2) is 0 Å². The van der Waals surface area contributed by atoms with Crippen molar-refractivity contribution >= 4 is 5.91 Å². The second-order valence-corrected chi connectivity index (χ2v) is 5.50. The fraction of sp³-hybridized carbons (Fsp3) is 0.533. The molecule has 2 aliphatic rings. The van der Waals surface area contributed by atoms with Crippen molar-refractivity contribution in [2.75, 3.05) is 0 Å². The zero-order valence-electron chi connectivity index (χ0n) is 10.5. The summed E-state index contributed by atoms with van der Waals surface area (Å²) in [7, 11) is 0. The number of rotatable bonds is 3. The number of phenols is 1. The highest BCUT2D eigenvalue weighted by Crippen LogP contribution is 2.36. The van der Waals surface area contributed by atoms with Gasteiger partial charge in [-0.1, -0.05) is 12.1 Å². The van der Waals surface area contributed by atoms with Crippen molar-refractivity contribution in [1.29, 1.82) is 0 Å². The van der Waals surface area contributed by atoms with Crippen molar-refractivity contribution in [3.8, 4) is 5.75 Å². The van der Waals surface area contributed by atoms with Crippen molar-refractivity contribution < 1.29 is 9.90 Å². The van der Waals surface area contributed by atoms with Crippen LogP contribution in [0.3, 0.4) is 0 Å². The summed E-state index contributed by atoms with van der Waals surface area (Å²) in [6, 6.07) is 5.70. The molecule has 3 rings (SSSR count). The fourth-order valence-electron chi connectivity index (χ4n) is 2.82. The van der Waals surface area contributed by atoms with Gasteiger partial charge in [0.25, 0.3) is 0 Å². The van der Waals surface area contributed by atoms with Gasteiger partial charge in [0.1, 0.15) is 5.75 Å². The molecule has 2 aliphatic carbocycles. The zero-order valence-corrected chi connectivity index (χ0v) is 10.5. The standard InChI is InChI=1S/C15H19NO2/c17-14-6-2-3-11-12(14)4-1-5-13(11)16-15(18)9-10-7-8-10/h2-3,6,10,13,17H,1,4-5,7-9H2,(H,16,18). The first-order valence-electron chi connectivity index (χ1n) is 6.84. The van der Waals surface area contributed by atoms with E-state index in [0.717, 1.165) is 30.4 Å². The molecule has 18 heavy (non-hydrogen) atoms. The van der Waals surface area contributed by atoms with Gasteiger partial charge in [0.2, 0.25) is 5.91 Å². The van der Waals surface area contributed by atoms with Gasteiger partial charge in [0, 0.05) is 6.42 Å². The first kappa shape index (κ1) is 11.6. The van der Waals surface area contributed by atoms with Crippen LogP contribution in [0.2, 0.25) is 0 Å². The molecule has 1 saturated carbocycles. The molecule has 0 bridgehead atoms. The molecule has 96 valence electrons. The Bertz CT molecular complexity index is 466. The van der Waals surface area contributed by atoms with Gasteiger partial charge in [0.05, 0.1) is 6.04 Å².